The second-order valence-electron chi connectivity index (χ2n) is 7.73. The minimum Gasteiger partial charge on any atom is -0.493 e. The number of terminal acetylenes is 1. The van der Waals surface area contributed by atoms with E-state index in [1.807, 2.05) is 36.4 Å². The van der Waals surface area contributed by atoms with Crippen molar-refractivity contribution >= 4 is 39.3 Å². The molecule has 0 saturated carbocycles. The van der Waals surface area contributed by atoms with Crippen LogP contribution >= 0.6 is 27.3 Å². The number of fused-ring (bicyclic) bond motifs is 1. The van der Waals surface area contributed by atoms with Crippen LogP contribution in [0.25, 0.3) is 6.08 Å². The van der Waals surface area contributed by atoms with Gasteiger partial charge in [0.25, 0.3) is 5.56 Å². The molecule has 0 N–H and O–H groups in total. The van der Waals surface area contributed by atoms with Crippen molar-refractivity contribution in [3.05, 3.63) is 89.0 Å². The van der Waals surface area contributed by atoms with Crippen molar-refractivity contribution in [3.63, 3.8) is 0 Å². The van der Waals surface area contributed by atoms with Crippen LogP contribution in [0.15, 0.2) is 68.0 Å². The number of carbonyl (C=O) groups excluding carboxylic acids is 1. The van der Waals surface area contributed by atoms with Crippen LogP contribution in [0.4, 0.5) is 0 Å². The first-order chi connectivity index (χ1) is 17.4. The molecule has 0 unspecified atom stereocenters. The minimum atomic E-state index is -0.669. The zero-order valence-electron chi connectivity index (χ0n) is 19.9. The predicted molar refractivity (Wildman–Crippen MR) is 142 cm³/mol. The fourth-order valence-electron chi connectivity index (χ4n) is 4.00. The smallest absolute Gasteiger partial charge is 0.338 e. The van der Waals surface area contributed by atoms with Gasteiger partial charge in [-0.15, -0.1) is 6.42 Å². The summed E-state index contributed by atoms with van der Waals surface area (Å²) in [5, 5.41) is 0. The quantitative estimate of drug-likeness (QED) is 0.322. The molecule has 2 heterocycles. The Morgan fingerprint density at radius 1 is 1.31 bits per heavy atom. The highest BCUT2D eigenvalue weighted by Crippen LogP contribution is 2.35. The molecule has 184 valence electrons. The van der Waals surface area contributed by atoms with E-state index in [0.717, 1.165) is 10.0 Å². The number of hydrogen-bond donors (Lipinski definition) is 0. The minimum absolute atomic E-state index is 0.0379. The van der Waals surface area contributed by atoms with Gasteiger partial charge in [0, 0.05) is 10.0 Å². The van der Waals surface area contributed by atoms with Gasteiger partial charge in [0.2, 0.25) is 0 Å². The predicted octanol–water partition coefficient (Wildman–Crippen LogP) is 3.58. The summed E-state index contributed by atoms with van der Waals surface area (Å²) in [5.41, 5.74) is 1.95. The highest BCUT2D eigenvalue weighted by Gasteiger charge is 2.33. The number of rotatable bonds is 7. The van der Waals surface area contributed by atoms with Crippen molar-refractivity contribution < 1.29 is 19.0 Å². The van der Waals surface area contributed by atoms with E-state index in [1.54, 1.807) is 30.6 Å². The molecule has 0 amide bonds. The molecule has 1 aliphatic heterocycles. The molecular weight excluding hydrogens is 544 g/mol. The fraction of sp³-hybridized carbons (Fsp3) is 0.222. The molecule has 0 radical (unpaired) electrons. The monoisotopic (exact) mass is 566 g/mol. The molecule has 0 spiro atoms. The summed E-state index contributed by atoms with van der Waals surface area (Å²) in [5.74, 6) is 2.85. The van der Waals surface area contributed by atoms with Gasteiger partial charge in [0.15, 0.2) is 16.3 Å². The van der Waals surface area contributed by atoms with Crippen LogP contribution in [-0.2, 0) is 9.53 Å². The number of hydrogen-bond acceptors (Lipinski definition) is 7. The number of allylic oxidation sites excluding steroid dienone is 1. The summed E-state index contributed by atoms with van der Waals surface area (Å²) in [4.78, 5) is 31.8. The van der Waals surface area contributed by atoms with Gasteiger partial charge in [-0.05, 0) is 37.6 Å². The maximum absolute atomic E-state index is 13.8. The van der Waals surface area contributed by atoms with Crippen molar-refractivity contribution in [2.45, 2.75) is 19.9 Å². The van der Waals surface area contributed by atoms with Gasteiger partial charge in [0.1, 0.15) is 6.61 Å². The fourth-order valence-corrected chi connectivity index (χ4v) is 5.49. The lowest BCUT2D eigenvalue weighted by molar-refractivity contribution is -0.139. The van der Waals surface area contributed by atoms with Crippen LogP contribution in [-0.4, -0.2) is 30.9 Å². The Morgan fingerprint density at radius 2 is 2.06 bits per heavy atom. The molecule has 0 bridgehead atoms. The van der Waals surface area contributed by atoms with Gasteiger partial charge in [-0.25, -0.2) is 9.79 Å². The number of ether oxygens (including phenoxy) is 3. The molecule has 1 atom stereocenters. The lowest BCUT2D eigenvalue weighted by Crippen LogP contribution is -2.39. The first-order valence-corrected chi connectivity index (χ1v) is 12.7. The molecule has 2 aromatic carbocycles. The maximum Gasteiger partial charge on any atom is 0.338 e. The van der Waals surface area contributed by atoms with E-state index in [4.69, 9.17) is 20.6 Å². The Morgan fingerprint density at radius 3 is 2.72 bits per heavy atom. The van der Waals surface area contributed by atoms with Gasteiger partial charge in [-0.3, -0.25) is 9.36 Å². The zero-order chi connectivity index (χ0) is 25.8. The second kappa shape index (κ2) is 11.0. The van der Waals surface area contributed by atoms with E-state index in [2.05, 4.69) is 26.8 Å². The molecule has 0 saturated heterocycles. The largest absolute Gasteiger partial charge is 0.493 e. The third-order valence-corrected chi connectivity index (χ3v) is 6.93. The van der Waals surface area contributed by atoms with E-state index >= 15 is 0 Å². The van der Waals surface area contributed by atoms with Gasteiger partial charge in [-0.2, -0.15) is 0 Å². The maximum atomic E-state index is 13.8. The van der Waals surface area contributed by atoms with E-state index in [9.17, 15) is 9.59 Å². The lowest BCUT2D eigenvalue weighted by Gasteiger charge is -2.24. The number of esters is 1. The first-order valence-electron chi connectivity index (χ1n) is 11.1. The van der Waals surface area contributed by atoms with E-state index < -0.39 is 12.0 Å². The van der Waals surface area contributed by atoms with E-state index in [1.165, 1.54) is 18.4 Å². The Labute approximate surface area is 220 Å². The van der Waals surface area contributed by atoms with Gasteiger partial charge in [-0.1, -0.05) is 63.5 Å². The number of benzene rings is 2. The molecule has 36 heavy (non-hydrogen) atoms. The summed E-state index contributed by atoms with van der Waals surface area (Å²) < 4.78 is 19.2. The van der Waals surface area contributed by atoms with Crippen LogP contribution in [0.3, 0.4) is 0 Å². The van der Waals surface area contributed by atoms with E-state index in [0.29, 0.717) is 37.7 Å². The molecule has 1 aromatic heterocycles. The number of nitrogens with zero attached hydrogens (tertiary/aromatic N) is 2. The Balaban J connectivity index is 1.96. The standard InChI is InChI=1S/C27H23BrN2O5S/c1-5-12-35-24-18(13-19(28)15-20(24)33-4)14-21-25(31)30-23(17-10-8-7-9-11-17)22(26(32)34-6-2)16(3)29-27(30)36-21/h1,7-11,13-15,23H,6,12H2,2-4H3/b21-14-/t23-/m0/s1. The molecule has 1 aliphatic rings. The number of thiazole rings is 1. The van der Waals surface area contributed by atoms with Crippen LogP contribution < -0.4 is 24.4 Å². The molecule has 7 nitrogen and oxygen atoms in total. The summed E-state index contributed by atoms with van der Waals surface area (Å²) in [7, 11) is 1.53. The number of carbonyl (C=O) groups is 1. The average Bonchev–Trinajstić information content (AvgIpc) is 3.17. The Hall–Kier alpha value is -3.61. The van der Waals surface area contributed by atoms with Crippen LogP contribution in [0, 0.1) is 12.3 Å². The van der Waals surface area contributed by atoms with E-state index in [-0.39, 0.29) is 18.8 Å². The third-order valence-electron chi connectivity index (χ3n) is 5.49. The number of aromatic nitrogens is 1. The van der Waals surface area contributed by atoms with Crippen LogP contribution in [0.1, 0.15) is 31.0 Å². The van der Waals surface area contributed by atoms with Crippen LogP contribution in [0.5, 0.6) is 11.5 Å². The normalized spacial score (nSPS) is 15.1. The first kappa shape index (κ1) is 25.5. The molecule has 3 aromatic rings. The summed E-state index contributed by atoms with van der Waals surface area (Å²) in [6, 6.07) is 12.3. The molecule has 4 rings (SSSR count). The number of halogens is 1. The summed E-state index contributed by atoms with van der Waals surface area (Å²) in [6.07, 6.45) is 7.11. The van der Waals surface area contributed by atoms with Crippen molar-refractivity contribution in [1.29, 1.82) is 0 Å². The summed E-state index contributed by atoms with van der Waals surface area (Å²) in [6.45, 7) is 3.75. The van der Waals surface area contributed by atoms with Gasteiger partial charge < -0.3 is 14.2 Å². The van der Waals surface area contributed by atoms with Crippen LogP contribution in [0.2, 0.25) is 0 Å². The van der Waals surface area contributed by atoms with Crippen molar-refractivity contribution in [2.75, 3.05) is 20.3 Å². The molecule has 0 aliphatic carbocycles. The highest BCUT2D eigenvalue weighted by atomic mass is 79.9. The summed E-state index contributed by atoms with van der Waals surface area (Å²) >= 11 is 4.71. The highest BCUT2D eigenvalue weighted by molar-refractivity contribution is 9.10. The lowest BCUT2D eigenvalue weighted by atomic mass is 9.96. The molecular formula is C27H23BrN2O5S. The zero-order valence-corrected chi connectivity index (χ0v) is 22.3. The molecule has 9 heteroatoms. The second-order valence-corrected chi connectivity index (χ2v) is 9.66. The number of methoxy groups -OCH3 is 1. The van der Waals surface area contributed by atoms with Gasteiger partial charge >= 0.3 is 5.97 Å². The van der Waals surface area contributed by atoms with Crippen molar-refractivity contribution in [1.82, 2.24) is 4.57 Å². The SMILES string of the molecule is C#CCOc1c(/C=c2\sc3n(c2=O)[C@@H](c2ccccc2)C(C(=O)OCC)=C(C)N=3)cc(Br)cc1OC. The Kier molecular flexibility index (Phi) is 7.77. The van der Waals surface area contributed by atoms with Gasteiger partial charge in [0.05, 0.1) is 35.6 Å². The van der Waals surface area contributed by atoms with Crippen molar-refractivity contribution in [2.24, 2.45) is 4.99 Å². The molecule has 0 fully saturated rings. The van der Waals surface area contributed by atoms with Crippen molar-refractivity contribution in [3.8, 4) is 23.8 Å². The average molecular weight is 567 g/mol. The Bertz CT molecular complexity index is 1560. The topological polar surface area (TPSA) is 79.1 Å². The third kappa shape index (κ3) is 4.87.